The van der Waals surface area contributed by atoms with E-state index in [1.807, 2.05) is 14.0 Å². The van der Waals surface area contributed by atoms with Gasteiger partial charge >= 0.3 is 6.03 Å². The zero-order valence-electron chi connectivity index (χ0n) is 23.6. The van der Waals surface area contributed by atoms with Crippen LogP contribution >= 0.6 is 11.6 Å². The van der Waals surface area contributed by atoms with Crippen LogP contribution in [0.5, 0.6) is 5.75 Å². The normalized spacial score (nSPS) is 12.1. The Hall–Kier alpha value is -4.02. The molecule has 0 aliphatic carbocycles. The number of fused-ring (bicyclic) bond motifs is 1. The maximum absolute atomic E-state index is 12.9. The minimum atomic E-state index is -4.16. The van der Waals surface area contributed by atoms with Crippen LogP contribution in [-0.4, -0.2) is 57.1 Å². The van der Waals surface area contributed by atoms with Crippen molar-refractivity contribution < 1.29 is 22.7 Å². The van der Waals surface area contributed by atoms with Gasteiger partial charge in [-0.15, -0.1) is 0 Å². The molecule has 9 nitrogen and oxygen atoms in total. The first kappa shape index (κ1) is 30.0. The molecule has 1 unspecified atom stereocenters. The fraction of sp³-hybridized carbons (Fsp3) is 0.267. The van der Waals surface area contributed by atoms with E-state index in [-0.39, 0.29) is 27.6 Å². The Balaban J connectivity index is 1.56. The predicted molar refractivity (Wildman–Crippen MR) is 160 cm³/mol. The third kappa shape index (κ3) is 6.83. The van der Waals surface area contributed by atoms with E-state index in [0.717, 1.165) is 27.6 Å². The maximum atomic E-state index is 12.9. The summed E-state index contributed by atoms with van der Waals surface area (Å²) < 4.78 is 35.2. The number of aryl methyl sites for hydroxylation is 1. The van der Waals surface area contributed by atoms with Crippen molar-refractivity contribution in [2.75, 3.05) is 21.2 Å². The highest BCUT2D eigenvalue weighted by molar-refractivity contribution is 7.90. The molecule has 3 amide bonds. The van der Waals surface area contributed by atoms with Gasteiger partial charge in [0.15, 0.2) is 0 Å². The van der Waals surface area contributed by atoms with E-state index in [1.165, 1.54) is 36.3 Å². The fourth-order valence-electron chi connectivity index (χ4n) is 4.67. The lowest BCUT2D eigenvalue weighted by molar-refractivity contribution is 0.0981. The molecule has 1 heterocycles. The standard InChI is InChI=1S/C30H33ClN4O5S/c1-19(32-30(37)34(2)3)14-20-10-13-26-24(15-20)23(18-35(26)4)16-21-11-12-22(17-27(21)40-5)29(36)33-41(38,39)28-9-7-6-8-25(28)31/h6-13,15,17-19H,14,16H2,1-5H3,(H,32,37)(H,33,36). The van der Waals surface area contributed by atoms with Crippen molar-refractivity contribution in [2.24, 2.45) is 7.05 Å². The van der Waals surface area contributed by atoms with Gasteiger partial charge in [0.05, 0.1) is 12.1 Å². The molecule has 4 aromatic rings. The molecule has 0 radical (unpaired) electrons. The molecule has 11 heteroatoms. The first-order chi connectivity index (χ1) is 19.4. The van der Waals surface area contributed by atoms with Crippen LogP contribution in [0.1, 0.15) is 34.0 Å². The lowest BCUT2D eigenvalue weighted by Gasteiger charge is -2.18. The number of sulfonamides is 1. The number of methoxy groups -OCH3 is 1. The fourth-order valence-corrected chi connectivity index (χ4v) is 6.16. The van der Waals surface area contributed by atoms with Crippen LogP contribution in [0, 0.1) is 0 Å². The number of carbonyl (C=O) groups excluding carboxylic acids is 2. The summed E-state index contributed by atoms with van der Waals surface area (Å²) >= 11 is 6.02. The molecule has 2 N–H and O–H groups in total. The van der Waals surface area contributed by atoms with Gasteiger partial charge in [-0.3, -0.25) is 4.79 Å². The van der Waals surface area contributed by atoms with Crippen molar-refractivity contribution in [1.82, 2.24) is 19.5 Å². The number of urea groups is 1. The third-order valence-electron chi connectivity index (χ3n) is 6.74. The molecule has 0 aliphatic rings. The Morgan fingerprint density at radius 2 is 1.78 bits per heavy atom. The average molecular weight is 597 g/mol. The Labute approximate surface area is 245 Å². The molecule has 0 saturated heterocycles. The van der Waals surface area contributed by atoms with Crippen LogP contribution in [0.3, 0.4) is 0 Å². The van der Waals surface area contributed by atoms with Crippen LogP contribution in [0.15, 0.2) is 71.8 Å². The van der Waals surface area contributed by atoms with Crippen molar-refractivity contribution in [3.63, 3.8) is 0 Å². The molecule has 0 saturated carbocycles. The van der Waals surface area contributed by atoms with E-state index in [4.69, 9.17) is 16.3 Å². The largest absolute Gasteiger partial charge is 0.496 e. The van der Waals surface area contributed by atoms with E-state index in [9.17, 15) is 18.0 Å². The number of benzene rings is 3. The van der Waals surface area contributed by atoms with Gasteiger partial charge in [0.2, 0.25) is 0 Å². The summed E-state index contributed by atoms with van der Waals surface area (Å²) in [5.74, 6) is -0.332. The SMILES string of the molecule is COc1cc(C(=O)NS(=O)(=O)c2ccccc2Cl)ccc1Cc1cn(C)c2ccc(CC(C)NC(=O)N(C)C)cc12. The second-order valence-corrected chi connectivity index (χ2v) is 12.2. The quantitative estimate of drug-likeness (QED) is 0.290. The second kappa shape index (κ2) is 12.2. The van der Waals surface area contributed by atoms with Crippen molar-refractivity contribution in [3.8, 4) is 5.75 Å². The number of hydrogen-bond donors (Lipinski definition) is 2. The summed E-state index contributed by atoms with van der Waals surface area (Å²) in [6, 6.07) is 16.9. The van der Waals surface area contributed by atoms with E-state index >= 15 is 0 Å². The Morgan fingerprint density at radius 1 is 1.05 bits per heavy atom. The molecule has 1 aromatic heterocycles. The van der Waals surface area contributed by atoms with E-state index in [1.54, 1.807) is 32.3 Å². The summed E-state index contributed by atoms with van der Waals surface area (Å²) in [6.45, 7) is 1.97. The number of aromatic nitrogens is 1. The highest BCUT2D eigenvalue weighted by Gasteiger charge is 2.22. The first-order valence-electron chi connectivity index (χ1n) is 12.9. The predicted octanol–water partition coefficient (Wildman–Crippen LogP) is 4.75. The van der Waals surface area contributed by atoms with Crippen molar-refractivity contribution >= 4 is 44.5 Å². The molecule has 216 valence electrons. The van der Waals surface area contributed by atoms with Gasteiger partial charge in [-0.2, -0.15) is 0 Å². The molecule has 1 atom stereocenters. The molecule has 0 spiro atoms. The number of amides is 3. The number of hydrogen-bond acceptors (Lipinski definition) is 5. The monoisotopic (exact) mass is 596 g/mol. The lowest BCUT2D eigenvalue weighted by Crippen LogP contribution is -2.40. The topological polar surface area (TPSA) is 110 Å². The van der Waals surface area contributed by atoms with E-state index in [2.05, 4.69) is 39.0 Å². The number of nitrogens with one attached hydrogen (secondary N) is 2. The lowest BCUT2D eigenvalue weighted by atomic mass is 9.99. The van der Waals surface area contributed by atoms with Crippen molar-refractivity contribution in [3.05, 3.63) is 94.1 Å². The van der Waals surface area contributed by atoms with E-state index in [0.29, 0.717) is 18.6 Å². The number of carbonyl (C=O) groups is 2. The molecule has 0 bridgehead atoms. The van der Waals surface area contributed by atoms with Crippen molar-refractivity contribution in [1.29, 1.82) is 0 Å². The van der Waals surface area contributed by atoms with Gasteiger partial charge in [0.1, 0.15) is 10.6 Å². The van der Waals surface area contributed by atoms with Crippen LogP contribution in [-0.2, 0) is 29.9 Å². The summed E-state index contributed by atoms with van der Waals surface area (Å²) in [6.07, 6.45) is 3.26. The van der Waals surface area contributed by atoms with Gasteiger partial charge in [-0.25, -0.2) is 17.9 Å². The zero-order valence-corrected chi connectivity index (χ0v) is 25.1. The third-order valence-corrected chi connectivity index (χ3v) is 8.57. The maximum Gasteiger partial charge on any atom is 0.317 e. The summed E-state index contributed by atoms with van der Waals surface area (Å²) in [4.78, 5) is 26.2. The number of rotatable bonds is 9. The molecular weight excluding hydrogens is 564 g/mol. The Kier molecular flexibility index (Phi) is 8.94. The van der Waals surface area contributed by atoms with Gasteiger partial charge in [0.25, 0.3) is 15.9 Å². The Bertz CT molecular complexity index is 1720. The zero-order chi connectivity index (χ0) is 29.9. The van der Waals surface area contributed by atoms with Crippen LogP contribution in [0.4, 0.5) is 4.79 Å². The van der Waals surface area contributed by atoms with E-state index < -0.39 is 15.9 Å². The molecule has 41 heavy (non-hydrogen) atoms. The van der Waals surface area contributed by atoms with Crippen LogP contribution < -0.4 is 14.8 Å². The van der Waals surface area contributed by atoms with Gasteiger partial charge in [-0.1, -0.05) is 35.9 Å². The number of nitrogens with zero attached hydrogens (tertiary/aromatic N) is 2. The van der Waals surface area contributed by atoms with Crippen LogP contribution in [0.2, 0.25) is 5.02 Å². The summed E-state index contributed by atoms with van der Waals surface area (Å²) in [7, 11) is 2.74. The number of ether oxygens (including phenoxy) is 1. The van der Waals surface area contributed by atoms with Crippen LogP contribution in [0.25, 0.3) is 10.9 Å². The molecule has 4 rings (SSSR count). The summed E-state index contributed by atoms with van der Waals surface area (Å²) in [5, 5.41) is 4.07. The smallest absolute Gasteiger partial charge is 0.317 e. The first-order valence-corrected chi connectivity index (χ1v) is 14.8. The molecular formula is C30H33ClN4O5S. The average Bonchev–Trinajstić information content (AvgIpc) is 3.22. The molecule has 0 aliphatic heterocycles. The Morgan fingerprint density at radius 3 is 2.46 bits per heavy atom. The molecule has 0 fully saturated rings. The highest BCUT2D eigenvalue weighted by atomic mass is 35.5. The van der Waals surface area contributed by atoms with Gasteiger partial charge in [0, 0.05) is 56.3 Å². The number of halogens is 1. The molecule has 3 aromatic carbocycles. The second-order valence-electron chi connectivity index (χ2n) is 10.1. The van der Waals surface area contributed by atoms with Gasteiger partial charge in [-0.05, 0) is 66.4 Å². The van der Waals surface area contributed by atoms with Gasteiger partial charge < -0.3 is 19.5 Å². The van der Waals surface area contributed by atoms with Crippen molar-refractivity contribution in [2.45, 2.75) is 30.7 Å². The summed E-state index contributed by atoms with van der Waals surface area (Å²) in [5.41, 5.74) is 4.19. The highest BCUT2D eigenvalue weighted by Crippen LogP contribution is 2.29. The minimum absolute atomic E-state index is 0.0201. The minimum Gasteiger partial charge on any atom is -0.496 e.